The second-order valence-electron chi connectivity index (χ2n) is 4.64. The molecule has 110 valence electrons. The van der Waals surface area contributed by atoms with Crippen molar-refractivity contribution in [2.45, 2.75) is 18.9 Å². The van der Waals surface area contributed by atoms with Gasteiger partial charge in [0.15, 0.2) is 17.0 Å². The van der Waals surface area contributed by atoms with E-state index < -0.39 is 5.54 Å². The molecule has 1 aliphatic rings. The molecule has 6 heteroatoms. The summed E-state index contributed by atoms with van der Waals surface area (Å²) in [5.74, 6) is 0.323. The molecule has 20 heavy (non-hydrogen) atoms. The highest BCUT2D eigenvalue weighted by atomic mass is 32.1. The van der Waals surface area contributed by atoms with E-state index >= 15 is 0 Å². The van der Waals surface area contributed by atoms with Crippen molar-refractivity contribution in [1.82, 2.24) is 5.32 Å². The molecule has 0 saturated heterocycles. The molecule has 0 saturated carbocycles. The Kier molecular flexibility index (Phi) is 4.45. The van der Waals surface area contributed by atoms with Gasteiger partial charge in [0.05, 0.1) is 13.7 Å². The SMILES string of the molecule is CCOC(=O)[C@@]1(CS)NCCc2cc(O)c(OC)cc21. The summed E-state index contributed by atoms with van der Waals surface area (Å²) in [6.07, 6.45) is 0.724. The number of carbonyl (C=O) groups is 1. The predicted octanol–water partition coefficient (Wildman–Crippen LogP) is 1.23. The van der Waals surface area contributed by atoms with Gasteiger partial charge in [-0.25, -0.2) is 4.79 Å². The number of benzene rings is 1. The second kappa shape index (κ2) is 5.93. The van der Waals surface area contributed by atoms with Crippen LogP contribution in [0.25, 0.3) is 0 Å². The van der Waals surface area contributed by atoms with Crippen LogP contribution in [-0.4, -0.2) is 37.1 Å². The molecule has 2 rings (SSSR count). The van der Waals surface area contributed by atoms with E-state index in [2.05, 4.69) is 17.9 Å². The fourth-order valence-electron chi connectivity index (χ4n) is 2.53. The summed E-state index contributed by atoms with van der Waals surface area (Å²) >= 11 is 4.33. The lowest BCUT2D eigenvalue weighted by molar-refractivity contribution is -0.151. The highest BCUT2D eigenvalue weighted by Gasteiger charge is 2.44. The van der Waals surface area contributed by atoms with E-state index in [4.69, 9.17) is 9.47 Å². The Morgan fingerprint density at radius 1 is 1.55 bits per heavy atom. The third-order valence-electron chi connectivity index (χ3n) is 3.55. The minimum Gasteiger partial charge on any atom is -0.504 e. The predicted molar refractivity (Wildman–Crippen MR) is 78.5 cm³/mol. The molecule has 0 bridgehead atoms. The van der Waals surface area contributed by atoms with Crippen LogP contribution in [0.1, 0.15) is 18.1 Å². The van der Waals surface area contributed by atoms with Gasteiger partial charge >= 0.3 is 5.97 Å². The minimum atomic E-state index is -0.992. The van der Waals surface area contributed by atoms with Gasteiger partial charge in [-0.05, 0) is 36.6 Å². The molecule has 1 heterocycles. The fourth-order valence-corrected chi connectivity index (χ4v) is 2.94. The van der Waals surface area contributed by atoms with E-state index in [0.717, 1.165) is 17.5 Å². The van der Waals surface area contributed by atoms with Crippen molar-refractivity contribution >= 4 is 18.6 Å². The number of phenols is 1. The van der Waals surface area contributed by atoms with Crippen LogP contribution < -0.4 is 10.1 Å². The van der Waals surface area contributed by atoms with Crippen molar-refractivity contribution in [3.8, 4) is 11.5 Å². The lowest BCUT2D eigenvalue weighted by atomic mass is 9.83. The van der Waals surface area contributed by atoms with E-state index in [-0.39, 0.29) is 17.5 Å². The summed E-state index contributed by atoms with van der Waals surface area (Å²) < 4.78 is 10.3. The third-order valence-corrected chi connectivity index (χ3v) is 4.02. The summed E-state index contributed by atoms with van der Waals surface area (Å²) in [5.41, 5.74) is 0.671. The second-order valence-corrected chi connectivity index (χ2v) is 4.96. The van der Waals surface area contributed by atoms with E-state index in [1.807, 2.05) is 0 Å². The number of aromatic hydroxyl groups is 1. The van der Waals surface area contributed by atoms with Crippen molar-refractivity contribution < 1.29 is 19.4 Å². The molecule has 2 N–H and O–H groups in total. The molecule has 1 aromatic carbocycles. The fraction of sp³-hybridized carbons (Fsp3) is 0.500. The van der Waals surface area contributed by atoms with Crippen LogP contribution in [0.2, 0.25) is 0 Å². The highest BCUT2D eigenvalue weighted by Crippen LogP contribution is 2.38. The average Bonchev–Trinajstić information content (AvgIpc) is 2.45. The van der Waals surface area contributed by atoms with Gasteiger partial charge in [-0.15, -0.1) is 0 Å². The highest BCUT2D eigenvalue weighted by molar-refractivity contribution is 7.80. The topological polar surface area (TPSA) is 67.8 Å². The first kappa shape index (κ1) is 15.0. The maximum atomic E-state index is 12.4. The normalized spacial score (nSPS) is 21.1. The smallest absolute Gasteiger partial charge is 0.331 e. The van der Waals surface area contributed by atoms with Crippen LogP contribution >= 0.6 is 12.6 Å². The van der Waals surface area contributed by atoms with Gasteiger partial charge < -0.3 is 14.6 Å². The zero-order chi connectivity index (χ0) is 14.8. The maximum Gasteiger partial charge on any atom is 0.331 e. The summed E-state index contributed by atoms with van der Waals surface area (Å²) in [4.78, 5) is 12.4. The zero-order valence-electron chi connectivity index (χ0n) is 11.6. The Hall–Kier alpha value is -1.40. The quantitative estimate of drug-likeness (QED) is 0.576. The van der Waals surface area contributed by atoms with Crippen LogP contribution in [0.4, 0.5) is 0 Å². The molecule has 1 aromatic rings. The number of carbonyl (C=O) groups excluding carboxylic acids is 1. The molecule has 5 nitrogen and oxygen atoms in total. The van der Waals surface area contributed by atoms with E-state index in [1.165, 1.54) is 7.11 Å². The number of nitrogens with one attached hydrogen (secondary N) is 1. The van der Waals surface area contributed by atoms with Crippen molar-refractivity contribution in [3.63, 3.8) is 0 Å². The van der Waals surface area contributed by atoms with Gasteiger partial charge in [-0.1, -0.05) is 0 Å². The van der Waals surface area contributed by atoms with Crippen molar-refractivity contribution in [2.24, 2.45) is 0 Å². The van der Waals surface area contributed by atoms with Gasteiger partial charge in [-0.3, -0.25) is 5.32 Å². The summed E-state index contributed by atoms with van der Waals surface area (Å²) in [7, 11) is 1.48. The summed E-state index contributed by atoms with van der Waals surface area (Å²) in [6, 6.07) is 3.33. The van der Waals surface area contributed by atoms with E-state index in [0.29, 0.717) is 18.9 Å². The molecule has 1 aliphatic heterocycles. The molecule has 0 unspecified atom stereocenters. The number of hydrogen-bond donors (Lipinski definition) is 3. The zero-order valence-corrected chi connectivity index (χ0v) is 12.5. The van der Waals surface area contributed by atoms with Crippen LogP contribution in [0.3, 0.4) is 0 Å². The number of hydrogen-bond acceptors (Lipinski definition) is 6. The molecule has 1 atom stereocenters. The number of phenolic OH excluding ortho intramolecular Hbond substituents is 1. The summed E-state index contributed by atoms with van der Waals surface area (Å²) in [6.45, 7) is 2.70. The van der Waals surface area contributed by atoms with Crippen LogP contribution in [0, 0.1) is 0 Å². The minimum absolute atomic E-state index is 0.0741. The van der Waals surface area contributed by atoms with Crippen LogP contribution in [0.5, 0.6) is 11.5 Å². The molecule has 0 amide bonds. The van der Waals surface area contributed by atoms with Gasteiger partial charge in [0.2, 0.25) is 0 Å². The Balaban J connectivity index is 2.56. The maximum absolute atomic E-state index is 12.4. The molecule has 0 radical (unpaired) electrons. The number of ether oxygens (including phenoxy) is 2. The van der Waals surface area contributed by atoms with Crippen molar-refractivity contribution in [1.29, 1.82) is 0 Å². The van der Waals surface area contributed by atoms with Gasteiger partial charge in [0.25, 0.3) is 0 Å². The summed E-state index contributed by atoms with van der Waals surface area (Å²) in [5, 5.41) is 13.1. The average molecular weight is 297 g/mol. The van der Waals surface area contributed by atoms with Gasteiger partial charge in [0.1, 0.15) is 0 Å². The van der Waals surface area contributed by atoms with Crippen molar-refractivity contribution in [2.75, 3.05) is 26.0 Å². The lowest BCUT2D eigenvalue weighted by Gasteiger charge is -2.37. The Labute approximate surface area is 123 Å². The number of fused-ring (bicyclic) bond motifs is 1. The molecule has 0 spiro atoms. The van der Waals surface area contributed by atoms with E-state index in [1.54, 1.807) is 19.1 Å². The third kappa shape index (κ3) is 2.33. The lowest BCUT2D eigenvalue weighted by Crippen LogP contribution is -2.55. The number of esters is 1. The van der Waals surface area contributed by atoms with Crippen molar-refractivity contribution in [3.05, 3.63) is 23.3 Å². The number of thiol groups is 1. The van der Waals surface area contributed by atoms with Crippen LogP contribution in [0.15, 0.2) is 12.1 Å². The molecule has 0 fully saturated rings. The standard InChI is InChI=1S/C14H19NO4S/c1-3-19-13(17)14(8-20)10-7-12(18-2)11(16)6-9(10)4-5-15-14/h6-7,15-16,20H,3-5,8H2,1-2H3/t14-/m0/s1. The first-order chi connectivity index (χ1) is 9.58. The number of rotatable bonds is 4. The van der Waals surface area contributed by atoms with Gasteiger partial charge in [0, 0.05) is 12.3 Å². The first-order valence-corrected chi connectivity index (χ1v) is 7.15. The van der Waals surface area contributed by atoms with Gasteiger partial charge in [-0.2, -0.15) is 12.6 Å². The Morgan fingerprint density at radius 2 is 2.30 bits per heavy atom. The monoisotopic (exact) mass is 297 g/mol. The number of methoxy groups -OCH3 is 1. The Morgan fingerprint density at radius 3 is 2.90 bits per heavy atom. The first-order valence-electron chi connectivity index (χ1n) is 6.52. The molecule has 0 aliphatic carbocycles. The molecular formula is C14H19NO4S. The Bertz CT molecular complexity index is 520. The largest absolute Gasteiger partial charge is 0.504 e. The van der Waals surface area contributed by atoms with E-state index in [9.17, 15) is 9.90 Å². The molecular weight excluding hydrogens is 278 g/mol. The van der Waals surface area contributed by atoms with Crippen LogP contribution in [-0.2, 0) is 21.5 Å². The molecule has 0 aromatic heterocycles.